The number of allylic oxidation sites excluding steroid dienone is 1. The maximum absolute atomic E-state index is 2.26. The molecule has 10 heavy (non-hydrogen) atoms. The second-order valence-corrected chi connectivity index (χ2v) is 3.75. The molecule has 0 unspecified atom stereocenters. The second kappa shape index (κ2) is 4.75. The van der Waals surface area contributed by atoms with E-state index in [2.05, 4.69) is 41.1 Å². The summed E-state index contributed by atoms with van der Waals surface area (Å²) in [5.41, 5.74) is 1.41. The van der Waals surface area contributed by atoms with Crippen LogP contribution in [0.1, 0.15) is 13.8 Å². The molecule has 0 aliphatic heterocycles. The highest BCUT2D eigenvalue weighted by atomic mass is 35.5. The number of halogens is 1. The van der Waals surface area contributed by atoms with Crippen LogP contribution in [-0.2, 0) is 0 Å². The average Bonchev–Trinajstić information content (AvgIpc) is 1.59. The summed E-state index contributed by atoms with van der Waals surface area (Å²) in [5.74, 6) is 0. The van der Waals surface area contributed by atoms with Gasteiger partial charge in [-0.1, -0.05) is 5.57 Å². The molecule has 1 nitrogen and oxygen atoms in total. The fourth-order valence-corrected chi connectivity index (χ4v) is 0.456. The van der Waals surface area contributed by atoms with Crippen molar-refractivity contribution in [3.63, 3.8) is 0 Å². The standard InChI is InChI=1S/C8H18N.ClH/c1-8(2)6-7-9(3,4)5;/h6H,7H2,1-5H3;1H/q+1;/p-1. The Hall–Kier alpha value is -0.0100. The van der Waals surface area contributed by atoms with Crippen molar-refractivity contribution in [1.29, 1.82) is 0 Å². The van der Waals surface area contributed by atoms with E-state index in [-0.39, 0.29) is 12.4 Å². The first-order valence-electron chi connectivity index (χ1n) is 3.35. The van der Waals surface area contributed by atoms with Crippen molar-refractivity contribution in [3.05, 3.63) is 11.6 Å². The molecule has 0 atom stereocenters. The fraction of sp³-hybridized carbons (Fsp3) is 0.750. The van der Waals surface area contributed by atoms with E-state index in [9.17, 15) is 0 Å². The van der Waals surface area contributed by atoms with Gasteiger partial charge >= 0.3 is 0 Å². The first-order valence-corrected chi connectivity index (χ1v) is 3.35. The summed E-state index contributed by atoms with van der Waals surface area (Å²) in [6, 6.07) is 0. The molecule has 0 heterocycles. The van der Waals surface area contributed by atoms with Gasteiger partial charge in [-0.05, 0) is 19.9 Å². The van der Waals surface area contributed by atoms with E-state index in [1.807, 2.05) is 0 Å². The Labute approximate surface area is 70.7 Å². The summed E-state index contributed by atoms with van der Waals surface area (Å²) < 4.78 is 1.02. The Morgan fingerprint density at radius 2 is 1.60 bits per heavy atom. The largest absolute Gasteiger partial charge is 1.00 e. The van der Waals surface area contributed by atoms with Crippen LogP contribution in [0.2, 0.25) is 0 Å². The molecular formula is C8H18ClN. The van der Waals surface area contributed by atoms with Crippen LogP contribution in [-0.4, -0.2) is 32.2 Å². The normalized spacial score (nSPS) is 10.1. The van der Waals surface area contributed by atoms with Crippen molar-refractivity contribution in [2.75, 3.05) is 27.7 Å². The third kappa shape index (κ3) is 10.9. The Balaban J connectivity index is 0. The number of hydrogen-bond donors (Lipinski definition) is 0. The van der Waals surface area contributed by atoms with Crippen molar-refractivity contribution in [3.8, 4) is 0 Å². The van der Waals surface area contributed by atoms with Gasteiger partial charge in [0.25, 0.3) is 0 Å². The summed E-state index contributed by atoms with van der Waals surface area (Å²) >= 11 is 0. The molecule has 0 aliphatic rings. The quantitative estimate of drug-likeness (QED) is 0.350. The number of quaternary nitrogens is 1. The van der Waals surface area contributed by atoms with Gasteiger partial charge in [0.05, 0.1) is 27.7 Å². The molecule has 0 aliphatic carbocycles. The first kappa shape index (κ1) is 12.6. The number of likely N-dealkylation sites (N-methyl/N-ethyl adjacent to an activating group) is 1. The molecular weight excluding hydrogens is 146 g/mol. The SMILES string of the molecule is CC(C)=CC[N+](C)(C)C.[Cl-]. The molecule has 0 saturated heterocycles. The van der Waals surface area contributed by atoms with Crippen LogP contribution in [0.3, 0.4) is 0 Å². The molecule has 0 saturated carbocycles. The van der Waals surface area contributed by atoms with Gasteiger partial charge < -0.3 is 16.9 Å². The zero-order valence-electron chi connectivity index (χ0n) is 7.61. The van der Waals surface area contributed by atoms with Crippen LogP contribution in [0, 0.1) is 0 Å². The van der Waals surface area contributed by atoms with E-state index in [1.165, 1.54) is 5.57 Å². The molecule has 0 rings (SSSR count). The van der Waals surface area contributed by atoms with Crippen molar-refractivity contribution < 1.29 is 16.9 Å². The van der Waals surface area contributed by atoms with Crippen LogP contribution in [0.4, 0.5) is 0 Å². The summed E-state index contributed by atoms with van der Waals surface area (Å²) in [6.07, 6.45) is 2.26. The highest BCUT2D eigenvalue weighted by Crippen LogP contribution is 1.94. The van der Waals surface area contributed by atoms with E-state index in [1.54, 1.807) is 0 Å². The lowest BCUT2D eigenvalue weighted by molar-refractivity contribution is -0.864. The minimum absolute atomic E-state index is 0. The smallest absolute Gasteiger partial charge is 0.0969 e. The third-order valence-corrected chi connectivity index (χ3v) is 1.05. The van der Waals surface area contributed by atoms with Crippen LogP contribution < -0.4 is 12.4 Å². The van der Waals surface area contributed by atoms with Gasteiger partial charge in [-0.25, -0.2) is 0 Å². The van der Waals surface area contributed by atoms with Crippen LogP contribution in [0.25, 0.3) is 0 Å². The molecule has 0 aromatic carbocycles. The van der Waals surface area contributed by atoms with Gasteiger partial charge in [0, 0.05) is 0 Å². The minimum Gasteiger partial charge on any atom is -1.00 e. The maximum Gasteiger partial charge on any atom is 0.0969 e. The first-order chi connectivity index (χ1) is 3.92. The molecule has 2 heteroatoms. The molecule has 0 aromatic rings. The molecule has 0 bridgehead atoms. The Bertz CT molecular complexity index is 107. The number of hydrogen-bond acceptors (Lipinski definition) is 0. The number of nitrogens with zero attached hydrogens (tertiary/aromatic N) is 1. The number of rotatable bonds is 2. The molecule has 0 spiro atoms. The Morgan fingerprint density at radius 3 is 1.70 bits per heavy atom. The van der Waals surface area contributed by atoms with E-state index < -0.39 is 0 Å². The van der Waals surface area contributed by atoms with Crippen molar-refractivity contribution in [2.24, 2.45) is 0 Å². The third-order valence-electron chi connectivity index (χ3n) is 1.05. The maximum atomic E-state index is 2.26. The minimum atomic E-state index is 0. The second-order valence-electron chi connectivity index (χ2n) is 3.75. The molecule has 0 aromatic heterocycles. The highest BCUT2D eigenvalue weighted by Gasteiger charge is 2.01. The van der Waals surface area contributed by atoms with Gasteiger partial charge in [0.15, 0.2) is 0 Å². The van der Waals surface area contributed by atoms with Crippen LogP contribution >= 0.6 is 0 Å². The van der Waals surface area contributed by atoms with Gasteiger partial charge in [-0.3, -0.25) is 0 Å². The summed E-state index contributed by atoms with van der Waals surface area (Å²) in [5, 5.41) is 0. The molecule has 0 radical (unpaired) electrons. The fourth-order valence-electron chi connectivity index (χ4n) is 0.456. The summed E-state index contributed by atoms with van der Waals surface area (Å²) in [7, 11) is 6.58. The predicted molar refractivity (Wildman–Crippen MR) is 42.3 cm³/mol. The predicted octanol–water partition coefficient (Wildman–Crippen LogP) is -1.34. The Kier molecular flexibility index (Phi) is 6.01. The van der Waals surface area contributed by atoms with E-state index in [4.69, 9.17) is 0 Å². The monoisotopic (exact) mass is 163 g/mol. The zero-order chi connectivity index (χ0) is 7.49. The van der Waals surface area contributed by atoms with Crippen LogP contribution in [0.15, 0.2) is 11.6 Å². The van der Waals surface area contributed by atoms with Gasteiger partial charge in [0.1, 0.15) is 0 Å². The lowest BCUT2D eigenvalue weighted by Gasteiger charge is -2.21. The van der Waals surface area contributed by atoms with Gasteiger partial charge in [0.2, 0.25) is 0 Å². The molecule has 0 amide bonds. The molecule has 0 N–H and O–H groups in total. The molecule has 62 valence electrons. The van der Waals surface area contributed by atoms with Gasteiger partial charge in [-0.2, -0.15) is 0 Å². The van der Waals surface area contributed by atoms with E-state index in [0.29, 0.717) is 0 Å². The zero-order valence-corrected chi connectivity index (χ0v) is 8.37. The van der Waals surface area contributed by atoms with Gasteiger partial charge in [-0.15, -0.1) is 0 Å². The van der Waals surface area contributed by atoms with Crippen molar-refractivity contribution in [1.82, 2.24) is 0 Å². The molecule has 0 fully saturated rings. The van der Waals surface area contributed by atoms with E-state index in [0.717, 1.165) is 11.0 Å². The Morgan fingerprint density at radius 1 is 1.20 bits per heavy atom. The summed E-state index contributed by atoms with van der Waals surface area (Å²) in [6.45, 7) is 5.40. The average molecular weight is 164 g/mol. The van der Waals surface area contributed by atoms with Crippen LogP contribution in [0.5, 0.6) is 0 Å². The van der Waals surface area contributed by atoms with Crippen molar-refractivity contribution in [2.45, 2.75) is 13.8 Å². The summed E-state index contributed by atoms with van der Waals surface area (Å²) in [4.78, 5) is 0. The van der Waals surface area contributed by atoms with Crippen molar-refractivity contribution >= 4 is 0 Å². The lowest BCUT2D eigenvalue weighted by atomic mass is 10.3. The topological polar surface area (TPSA) is 0 Å². The lowest BCUT2D eigenvalue weighted by Crippen LogP contribution is -3.00. The van der Waals surface area contributed by atoms with E-state index >= 15 is 0 Å². The highest BCUT2D eigenvalue weighted by molar-refractivity contribution is 4.92.